The third kappa shape index (κ3) is 2.33. The number of fused-ring (bicyclic) bond motifs is 1. The first kappa shape index (κ1) is 12.6. The number of rotatable bonds is 2. The Morgan fingerprint density at radius 2 is 1.95 bits per heavy atom. The molecule has 0 saturated heterocycles. The van der Waals surface area contributed by atoms with Gasteiger partial charge in [0.25, 0.3) is 0 Å². The Morgan fingerprint density at radius 3 is 2.86 bits per heavy atom. The molecule has 4 nitrogen and oxygen atoms in total. The smallest absolute Gasteiger partial charge is 0.203 e. The highest BCUT2D eigenvalue weighted by atomic mass is 16.7. The van der Waals surface area contributed by atoms with Gasteiger partial charge in [0, 0.05) is 17.7 Å². The van der Waals surface area contributed by atoms with Crippen LogP contribution >= 0.6 is 0 Å². The number of hydrogen-bond acceptors (Lipinski definition) is 4. The van der Waals surface area contributed by atoms with E-state index in [9.17, 15) is 0 Å². The van der Waals surface area contributed by atoms with E-state index in [0.717, 1.165) is 30.9 Å². The predicted octanol–water partition coefficient (Wildman–Crippen LogP) is 2.31. The highest BCUT2D eigenvalue weighted by Gasteiger charge is 2.25. The van der Waals surface area contributed by atoms with Gasteiger partial charge < -0.3 is 5.32 Å². The summed E-state index contributed by atoms with van der Waals surface area (Å²) < 4.78 is 0. The lowest BCUT2D eigenvalue weighted by molar-refractivity contribution is 0.0370. The zero-order chi connectivity index (χ0) is 14.1. The standard InChI is InChI=1S/C17H17N3O/c1-2-5-12(6-3-1)16-19-17(21-20-16)15-8-4-7-13-11-18-10-9-14(13)15/h1-8,17-18H,9-11H2,(H,19,20). The quantitative estimate of drug-likeness (QED) is 0.887. The number of benzene rings is 2. The molecule has 2 aliphatic heterocycles. The molecule has 1 unspecified atom stereocenters. The number of hydroxylamine groups is 1. The van der Waals surface area contributed by atoms with E-state index in [4.69, 9.17) is 9.83 Å². The van der Waals surface area contributed by atoms with Crippen molar-refractivity contribution >= 4 is 5.84 Å². The fraction of sp³-hybridized carbons (Fsp3) is 0.235. The van der Waals surface area contributed by atoms with Crippen LogP contribution in [0.4, 0.5) is 0 Å². The third-order valence-electron chi connectivity index (χ3n) is 4.00. The molecule has 0 bridgehead atoms. The van der Waals surface area contributed by atoms with Gasteiger partial charge in [-0.25, -0.2) is 15.3 Å². The van der Waals surface area contributed by atoms with E-state index in [1.54, 1.807) is 0 Å². The Kier molecular flexibility index (Phi) is 3.18. The molecule has 0 spiro atoms. The van der Waals surface area contributed by atoms with Crippen molar-refractivity contribution in [3.05, 3.63) is 70.8 Å². The van der Waals surface area contributed by atoms with Crippen molar-refractivity contribution in [2.45, 2.75) is 19.2 Å². The predicted molar refractivity (Wildman–Crippen MR) is 81.8 cm³/mol. The lowest BCUT2D eigenvalue weighted by atomic mass is 9.95. The summed E-state index contributed by atoms with van der Waals surface area (Å²) in [7, 11) is 0. The van der Waals surface area contributed by atoms with Gasteiger partial charge in [0.05, 0.1) is 0 Å². The van der Waals surface area contributed by atoms with Gasteiger partial charge >= 0.3 is 0 Å². The van der Waals surface area contributed by atoms with Crippen molar-refractivity contribution in [2.75, 3.05) is 6.54 Å². The maximum absolute atomic E-state index is 5.70. The van der Waals surface area contributed by atoms with Crippen LogP contribution in [0.1, 0.15) is 28.5 Å². The Labute approximate surface area is 123 Å². The average molecular weight is 279 g/mol. The van der Waals surface area contributed by atoms with Crippen LogP contribution in [0.2, 0.25) is 0 Å². The molecule has 0 saturated carbocycles. The topological polar surface area (TPSA) is 45.7 Å². The Morgan fingerprint density at radius 1 is 1.05 bits per heavy atom. The van der Waals surface area contributed by atoms with Crippen molar-refractivity contribution in [1.29, 1.82) is 0 Å². The van der Waals surface area contributed by atoms with Crippen LogP contribution in [0.3, 0.4) is 0 Å². The SMILES string of the molecule is c1ccc(C2=NC(c3cccc4c3CCNC4)ON2)cc1. The van der Waals surface area contributed by atoms with Crippen molar-refractivity contribution < 1.29 is 4.84 Å². The molecule has 21 heavy (non-hydrogen) atoms. The third-order valence-corrected chi connectivity index (χ3v) is 4.00. The lowest BCUT2D eigenvalue weighted by Crippen LogP contribution is -2.25. The van der Waals surface area contributed by atoms with E-state index in [0.29, 0.717) is 0 Å². The van der Waals surface area contributed by atoms with Gasteiger partial charge in [-0.15, -0.1) is 0 Å². The minimum Gasteiger partial charge on any atom is -0.312 e. The van der Waals surface area contributed by atoms with E-state index in [1.807, 2.05) is 30.3 Å². The van der Waals surface area contributed by atoms with Crippen LogP contribution in [0.15, 0.2) is 53.5 Å². The Balaban J connectivity index is 1.68. The van der Waals surface area contributed by atoms with Gasteiger partial charge in [-0.1, -0.05) is 48.5 Å². The molecular weight excluding hydrogens is 262 g/mol. The first-order valence-corrected chi connectivity index (χ1v) is 7.28. The Hall–Kier alpha value is -2.17. The van der Waals surface area contributed by atoms with Crippen LogP contribution < -0.4 is 10.8 Å². The molecule has 2 aromatic rings. The second-order valence-corrected chi connectivity index (χ2v) is 5.33. The number of hydrogen-bond donors (Lipinski definition) is 2. The maximum atomic E-state index is 5.70. The van der Waals surface area contributed by atoms with Gasteiger partial charge in [-0.05, 0) is 24.1 Å². The summed E-state index contributed by atoms with van der Waals surface area (Å²) in [5.74, 6) is 0.798. The number of amidine groups is 1. The monoisotopic (exact) mass is 279 g/mol. The first-order valence-electron chi connectivity index (χ1n) is 7.28. The molecule has 2 heterocycles. The zero-order valence-electron chi connectivity index (χ0n) is 11.7. The molecule has 2 N–H and O–H groups in total. The molecule has 106 valence electrons. The Bertz CT molecular complexity index is 682. The summed E-state index contributed by atoms with van der Waals surface area (Å²) in [6, 6.07) is 16.4. The summed E-state index contributed by atoms with van der Waals surface area (Å²) in [4.78, 5) is 10.4. The van der Waals surface area contributed by atoms with Crippen LogP contribution in [0.25, 0.3) is 0 Å². The molecule has 0 aromatic heterocycles. The molecule has 1 atom stereocenters. The summed E-state index contributed by atoms with van der Waals surface area (Å²) in [5, 5.41) is 3.40. The minimum absolute atomic E-state index is 0.256. The highest BCUT2D eigenvalue weighted by molar-refractivity contribution is 5.98. The van der Waals surface area contributed by atoms with Crippen LogP contribution in [-0.2, 0) is 17.8 Å². The second-order valence-electron chi connectivity index (χ2n) is 5.33. The molecule has 2 aromatic carbocycles. The van der Waals surface area contributed by atoms with Gasteiger partial charge in [-0.2, -0.15) is 0 Å². The fourth-order valence-corrected chi connectivity index (χ4v) is 2.94. The molecule has 0 fully saturated rings. The van der Waals surface area contributed by atoms with E-state index in [1.165, 1.54) is 16.7 Å². The van der Waals surface area contributed by atoms with Crippen molar-refractivity contribution in [3.63, 3.8) is 0 Å². The molecule has 0 aliphatic carbocycles. The molecule has 2 aliphatic rings. The van der Waals surface area contributed by atoms with Crippen molar-refractivity contribution in [3.8, 4) is 0 Å². The number of nitrogens with one attached hydrogen (secondary N) is 2. The maximum Gasteiger partial charge on any atom is 0.203 e. The van der Waals surface area contributed by atoms with E-state index in [2.05, 4.69) is 29.0 Å². The van der Waals surface area contributed by atoms with Gasteiger partial charge in [0.2, 0.25) is 6.23 Å². The van der Waals surface area contributed by atoms with Gasteiger partial charge in [0.15, 0.2) is 5.84 Å². The van der Waals surface area contributed by atoms with Gasteiger partial charge in [-0.3, -0.25) is 0 Å². The molecule has 0 amide bonds. The van der Waals surface area contributed by atoms with E-state index < -0.39 is 0 Å². The van der Waals surface area contributed by atoms with Crippen molar-refractivity contribution in [1.82, 2.24) is 10.8 Å². The fourth-order valence-electron chi connectivity index (χ4n) is 2.94. The number of nitrogens with zero attached hydrogens (tertiary/aromatic N) is 1. The zero-order valence-corrected chi connectivity index (χ0v) is 11.7. The first-order chi connectivity index (χ1) is 10.4. The lowest BCUT2D eigenvalue weighted by Gasteiger charge is -2.21. The summed E-state index contributed by atoms with van der Waals surface area (Å²) in [6.45, 7) is 1.94. The molecule has 4 heteroatoms. The average Bonchev–Trinajstić information content (AvgIpc) is 3.05. The highest BCUT2D eigenvalue weighted by Crippen LogP contribution is 2.29. The normalized spacial score (nSPS) is 20.6. The summed E-state index contributed by atoms with van der Waals surface area (Å²) in [6.07, 6.45) is 0.773. The van der Waals surface area contributed by atoms with E-state index >= 15 is 0 Å². The molecule has 0 radical (unpaired) electrons. The van der Waals surface area contributed by atoms with Gasteiger partial charge in [0.1, 0.15) is 0 Å². The second kappa shape index (κ2) is 5.31. The van der Waals surface area contributed by atoms with Crippen LogP contribution in [0, 0.1) is 0 Å². The summed E-state index contributed by atoms with van der Waals surface area (Å²) in [5.41, 5.74) is 7.91. The van der Waals surface area contributed by atoms with Crippen LogP contribution in [-0.4, -0.2) is 12.4 Å². The van der Waals surface area contributed by atoms with Crippen LogP contribution in [0.5, 0.6) is 0 Å². The van der Waals surface area contributed by atoms with Crippen molar-refractivity contribution in [2.24, 2.45) is 4.99 Å². The molecular formula is C17H17N3O. The molecule has 4 rings (SSSR count). The minimum atomic E-state index is -0.256. The number of aliphatic imine (C=N–C) groups is 1. The van der Waals surface area contributed by atoms with E-state index in [-0.39, 0.29) is 6.23 Å². The largest absolute Gasteiger partial charge is 0.312 e. The summed E-state index contributed by atoms with van der Waals surface area (Å²) >= 11 is 0.